The number of halogens is 4. The second kappa shape index (κ2) is 6.63. The minimum atomic E-state index is -4.25. The van der Waals surface area contributed by atoms with E-state index in [-0.39, 0.29) is 6.54 Å². The van der Waals surface area contributed by atoms with Crippen LogP contribution < -0.4 is 10.6 Å². The van der Waals surface area contributed by atoms with Crippen LogP contribution in [0.2, 0.25) is 0 Å². The van der Waals surface area contributed by atoms with Crippen LogP contribution in [0.15, 0.2) is 28.7 Å². The largest absolute Gasteiger partial charge is 0.390 e. The Hall–Kier alpha value is -1.24. The summed E-state index contributed by atoms with van der Waals surface area (Å²) in [5, 5.41) is 4.61. The van der Waals surface area contributed by atoms with Gasteiger partial charge in [-0.25, -0.2) is 4.79 Å². The molecule has 0 aliphatic heterocycles. The molecule has 0 aliphatic carbocycles. The fourth-order valence-electron chi connectivity index (χ4n) is 1.16. The van der Waals surface area contributed by atoms with Crippen molar-refractivity contribution in [2.45, 2.75) is 19.1 Å². The molecule has 0 fully saturated rings. The van der Waals surface area contributed by atoms with E-state index < -0.39 is 25.2 Å². The highest BCUT2D eigenvalue weighted by molar-refractivity contribution is 9.10. The molecule has 0 unspecified atom stereocenters. The van der Waals surface area contributed by atoms with Gasteiger partial charge in [0, 0.05) is 17.6 Å². The van der Waals surface area contributed by atoms with Crippen molar-refractivity contribution in [3.05, 3.63) is 34.3 Å². The van der Waals surface area contributed by atoms with Gasteiger partial charge in [-0.2, -0.15) is 13.2 Å². The van der Waals surface area contributed by atoms with E-state index in [0.717, 1.165) is 10.0 Å². The second-order valence-electron chi connectivity index (χ2n) is 3.60. The Balaban J connectivity index is 2.23. The molecule has 100 valence electrons. The average molecular weight is 325 g/mol. The number of amides is 2. The SMILES string of the molecule is O=C(NCCC(F)(F)F)NCc1ccc(Br)cc1. The fraction of sp³-hybridized carbons (Fsp3) is 0.364. The summed E-state index contributed by atoms with van der Waals surface area (Å²) in [6.07, 6.45) is -5.28. The first-order valence-electron chi connectivity index (χ1n) is 5.20. The van der Waals surface area contributed by atoms with Crippen molar-refractivity contribution in [2.75, 3.05) is 6.54 Å². The van der Waals surface area contributed by atoms with Crippen LogP contribution >= 0.6 is 15.9 Å². The van der Waals surface area contributed by atoms with Gasteiger partial charge in [0.25, 0.3) is 0 Å². The Morgan fingerprint density at radius 1 is 1.17 bits per heavy atom. The van der Waals surface area contributed by atoms with Crippen LogP contribution in [0, 0.1) is 0 Å². The molecule has 7 heteroatoms. The quantitative estimate of drug-likeness (QED) is 0.877. The van der Waals surface area contributed by atoms with Gasteiger partial charge in [0.05, 0.1) is 6.42 Å². The van der Waals surface area contributed by atoms with Crippen LogP contribution in [-0.2, 0) is 6.54 Å². The highest BCUT2D eigenvalue weighted by Crippen LogP contribution is 2.18. The van der Waals surface area contributed by atoms with E-state index in [1.165, 1.54) is 0 Å². The van der Waals surface area contributed by atoms with E-state index in [4.69, 9.17) is 0 Å². The third-order valence-corrected chi connectivity index (χ3v) is 2.59. The lowest BCUT2D eigenvalue weighted by Crippen LogP contribution is -2.36. The first kappa shape index (κ1) is 14.8. The Morgan fingerprint density at radius 3 is 2.33 bits per heavy atom. The van der Waals surface area contributed by atoms with E-state index in [0.29, 0.717) is 0 Å². The normalized spacial score (nSPS) is 11.1. The van der Waals surface area contributed by atoms with Crippen LogP contribution in [-0.4, -0.2) is 18.8 Å². The van der Waals surface area contributed by atoms with E-state index in [1.807, 2.05) is 12.1 Å². The van der Waals surface area contributed by atoms with Gasteiger partial charge in [-0.1, -0.05) is 28.1 Å². The van der Waals surface area contributed by atoms with Crippen molar-refractivity contribution < 1.29 is 18.0 Å². The van der Waals surface area contributed by atoms with E-state index >= 15 is 0 Å². The summed E-state index contributed by atoms with van der Waals surface area (Å²) in [6, 6.07) is 6.64. The smallest absolute Gasteiger partial charge is 0.338 e. The van der Waals surface area contributed by atoms with Crippen LogP contribution in [0.25, 0.3) is 0 Å². The van der Waals surface area contributed by atoms with Crippen LogP contribution in [0.5, 0.6) is 0 Å². The summed E-state index contributed by atoms with van der Waals surface area (Å²) in [7, 11) is 0. The topological polar surface area (TPSA) is 41.1 Å². The Labute approximate surface area is 111 Å². The van der Waals surface area contributed by atoms with Gasteiger partial charge in [-0.05, 0) is 17.7 Å². The maximum Gasteiger partial charge on any atom is 0.390 e. The molecule has 0 aliphatic rings. The van der Waals surface area contributed by atoms with Gasteiger partial charge in [0.2, 0.25) is 0 Å². The summed E-state index contributed by atoms with van der Waals surface area (Å²) in [4.78, 5) is 11.2. The number of nitrogens with one attached hydrogen (secondary N) is 2. The fourth-order valence-corrected chi connectivity index (χ4v) is 1.43. The van der Waals surface area contributed by atoms with Gasteiger partial charge in [-0.15, -0.1) is 0 Å². The van der Waals surface area contributed by atoms with E-state index in [2.05, 4.69) is 26.6 Å². The third-order valence-electron chi connectivity index (χ3n) is 2.06. The highest BCUT2D eigenvalue weighted by Gasteiger charge is 2.26. The lowest BCUT2D eigenvalue weighted by molar-refractivity contribution is -0.132. The molecule has 0 aromatic heterocycles. The van der Waals surface area contributed by atoms with E-state index in [9.17, 15) is 18.0 Å². The maximum atomic E-state index is 11.8. The minimum Gasteiger partial charge on any atom is -0.338 e. The molecule has 18 heavy (non-hydrogen) atoms. The third kappa shape index (κ3) is 6.48. The van der Waals surface area contributed by atoms with Crippen molar-refractivity contribution in [1.82, 2.24) is 10.6 Å². The zero-order valence-corrected chi connectivity index (χ0v) is 10.9. The molecule has 0 saturated carbocycles. The molecule has 0 heterocycles. The minimum absolute atomic E-state index is 0.269. The summed E-state index contributed by atoms with van der Waals surface area (Å²) in [6.45, 7) is -0.152. The zero-order valence-electron chi connectivity index (χ0n) is 9.35. The summed E-state index contributed by atoms with van der Waals surface area (Å²) in [5.74, 6) is 0. The Morgan fingerprint density at radius 2 is 1.78 bits per heavy atom. The monoisotopic (exact) mass is 324 g/mol. The Kier molecular flexibility index (Phi) is 5.46. The summed E-state index contributed by atoms with van der Waals surface area (Å²) >= 11 is 3.27. The lowest BCUT2D eigenvalue weighted by atomic mass is 10.2. The number of carbonyl (C=O) groups is 1. The van der Waals surface area contributed by atoms with Crippen LogP contribution in [0.4, 0.5) is 18.0 Å². The number of hydrogen-bond donors (Lipinski definition) is 2. The average Bonchev–Trinajstić information content (AvgIpc) is 2.26. The summed E-state index contributed by atoms with van der Waals surface area (Å²) < 4.78 is 36.4. The first-order valence-corrected chi connectivity index (χ1v) is 5.99. The van der Waals surface area contributed by atoms with Gasteiger partial charge >= 0.3 is 12.2 Å². The molecule has 2 amide bonds. The highest BCUT2D eigenvalue weighted by atomic mass is 79.9. The molecular formula is C11H12BrF3N2O. The molecule has 3 nitrogen and oxygen atoms in total. The predicted molar refractivity (Wildman–Crippen MR) is 65.1 cm³/mol. The van der Waals surface area contributed by atoms with Crippen LogP contribution in [0.1, 0.15) is 12.0 Å². The molecule has 0 spiro atoms. The van der Waals surface area contributed by atoms with Gasteiger partial charge < -0.3 is 10.6 Å². The van der Waals surface area contributed by atoms with Gasteiger partial charge in [0.15, 0.2) is 0 Å². The number of carbonyl (C=O) groups excluding carboxylic acids is 1. The number of benzene rings is 1. The van der Waals surface area contributed by atoms with Crippen molar-refractivity contribution in [1.29, 1.82) is 0 Å². The van der Waals surface area contributed by atoms with Gasteiger partial charge in [-0.3, -0.25) is 0 Å². The van der Waals surface area contributed by atoms with Crippen molar-refractivity contribution in [2.24, 2.45) is 0 Å². The molecule has 0 bridgehead atoms. The van der Waals surface area contributed by atoms with Crippen molar-refractivity contribution in [3.63, 3.8) is 0 Å². The Bertz CT molecular complexity index is 392. The number of urea groups is 1. The standard InChI is InChI=1S/C11H12BrF3N2O/c12-9-3-1-8(2-4-9)7-17-10(18)16-6-5-11(13,14)15/h1-4H,5-7H2,(H2,16,17,18). The predicted octanol–water partition coefficient (Wildman–Crippen LogP) is 3.20. The second-order valence-corrected chi connectivity index (χ2v) is 4.52. The number of alkyl halides is 3. The van der Waals surface area contributed by atoms with Gasteiger partial charge in [0.1, 0.15) is 0 Å². The summed E-state index contributed by atoms with van der Waals surface area (Å²) in [5.41, 5.74) is 0.865. The lowest BCUT2D eigenvalue weighted by Gasteiger charge is -2.09. The first-order chi connectivity index (χ1) is 8.37. The molecular weight excluding hydrogens is 313 g/mol. The molecule has 0 saturated heterocycles. The molecule has 2 N–H and O–H groups in total. The van der Waals surface area contributed by atoms with Crippen LogP contribution in [0.3, 0.4) is 0 Å². The van der Waals surface area contributed by atoms with Crippen molar-refractivity contribution in [3.8, 4) is 0 Å². The molecule has 1 aromatic rings. The molecule has 0 radical (unpaired) electrons. The zero-order chi connectivity index (χ0) is 13.6. The molecule has 0 atom stereocenters. The maximum absolute atomic E-state index is 11.8. The van der Waals surface area contributed by atoms with E-state index in [1.54, 1.807) is 12.1 Å². The molecule has 1 aromatic carbocycles. The van der Waals surface area contributed by atoms with Crippen molar-refractivity contribution >= 4 is 22.0 Å². The number of hydrogen-bond acceptors (Lipinski definition) is 1. The molecule has 1 rings (SSSR count). The number of rotatable bonds is 4.